The standard InChI is InChI=1S/C31H58NO4S.CH4O3S/c1-3-4-5-6-7-8-9-10-11-12-13-14-15-16-17-21-27-36-30-31(35-2)23-29-37(33,34)28-22-26-32-24-19-18-20-25-32;1-5(2,3)4/h18-20,24-25,31H,3-17,21-23,26-30H2,1-2H3;1H3,(H,2,3,4)/q+1;/p-1. The second-order valence-corrected chi connectivity index (χ2v) is 15.1. The highest BCUT2D eigenvalue weighted by Gasteiger charge is 2.16. The van der Waals surface area contributed by atoms with Crippen molar-refractivity contribution in [3.8, 4) is 0 Å². The molecule has 1 rings (SSSR count). The van der Waals surface area contributed by atoms with Crippen LogP contribution < -0.4 is 4.57 Å². The molecule has 1 atom stereocenters. The predicted molar refractivity (Wildman–Crippen MR) is 171 cm³/mol. The lowest BCUT2D eigenvalue weighted by Gasteiger charge is -2.15. The van der Waals surface area contributed by atoms with Crippen molar-refractivity contribution in [2.45, 2.75) is 135 Å². The van der Waals surface area contributed by atoms with E-state index in [1.165, 1.54) is 96.3 Å². The molecule has 0 amide bonds. The van der Waals surface area contributed by atoms with E-state index in [1.807, 2.05) is 35.2 Å². The molecule has 1 heterocycles. The van der Waals surface area contributed by atoms with Crippen molar-refractivity contribution in [1.82, 2.24) is 0 Å². The third-order valence-corrected chi connectivity index (χ3v) is 8.95. The zero-order valence-corrected chi connectivity index (χ0v) is 28.5. The molecule has 1 aromatic heterocycles. The van der Waals surface area contributed by atoms with Gasteiger partial charge < -0.3 is 14.0 Å². The van der Waals surface area contributed by atoms with E-state index >= 15 is 0 Å². The van der Waals surface area contributed by atoms with Gasteiger partial charge in [0, 0.05) is 38.5 Å². The Kier molecular flexibility index (Phi) is 26.8. The summed E-state index contributed by atoms with van der Waals surface area (Å²) in [6.07, 6.45) is 27.3. The maximum Gasteiger partial charge on any atom is 0.168 e. The molecule has 0 N–H and O–H groups in total. The Morgan fingerprint density at radius 3 is 1.60 bits per heavy atom. The van der Waals surface area contributed by atoms with E-state index in [4.69, 9.17) is 22.4 Å². The molecule has 0 aliphatic carbocycles. The first-order chi connectivity index (χ1) is 20.1. The van der Waals surface area contributed by atoms with E-state index in [-0.39, 0.29) is 17.6 Å². The molecule has 10 heteroatoms. The Hall–Kier alpha value is -1.07. The molecular weight excluding hydrogens is 574 g/mol. The number of hydrogen-bond donors (Lipinski definition) is 0. The molecule has 0 saturated carbocycles. The fourth-order valence-electron chi connectivity index (χ4n) is 4.70. The lowest BCUT2D eigenvalue weighted by Crippen LogP contribution is -2.33. The van der Waals surface area contributed by atoms with Crippen molar-refractivity contribution in [3.05, 3.63) is 30.6 Å². The molecule has 0 spiro atoms. The van der Waals surface area contributed by atoms with Gasteiger partial charge in [0.25, 0.3) is 0 Å². The van der Waals surface area contributed by atoms with Crippen LogP contribution in [-0.2, 0) is 36.0 Å². The van der Waals surface area contributed by atoms with Crippen LogP contribution in [0.25, 0.3) is 0 Å². The molecule has 0 fully saturated rings. The first kappa shape index (κ1) is 40.9. The number of ether oxygens (including phenoxy) is 2. The summed E-state index contributed by atoms with van der Waals surface area (Å²) < 4.78 is 65.2. The molecule has 1 unspecified atom stereocenters. The van der Waals surface area contributed by atoms with Crippen LogP contribution in [-0.4, -0.2) is 65.6 Å². The zero-order valence-electron chi connectivity index (χ0n) is 26.8. The van der Waals surface area contributed by atoms with Crippen LogP contribution in [0.15, 0.2) is 30.6 Å². The van der Waals surface area contributed by atoms with Gasteiger partial charge in [0.15, 0.2) is 22.2 Å². The third-order valence-electron chi connectivity index (χ3n) is 7.18. The Morgan fingerprint density at radius 1 is 0.690 bits per heavy atom. The summed E-state index contributed by atoms with van der Waals surface area (Å²) in [7, 11) is -5.35. The fourth-order valence-corrected chi connectivity index (χ4v) is 6.09. The number of sulfone groups is 1. The first-order valence-corrected chi connectivity index (χ1v) is 19.9. The largest absolute Gasteiger partial charge is 0.748 e. The van der Waals surface area contributed by atoms with Gasteiger partial charge in [-0.3, -0.25) is 0 Å². The monoisotopic (exact) mass is 635 g/mol. The summed E-state index contributed by atoms with van der Waals surface area (Å²) in [5.74, 6) is 0.374. The number of unbranched alkanes of at least 4 members (excludes halogenated alkanes) is 15. The molecule has 8 nitrogen and oxygen atoms in total. The van der Waals surface area contributed by atoms with Crippen molar-refractivity contribution in [2.75, 3.05) is 38.1 Å². The number of rotatable bonds is 27. The van der Waals surface area contributed by atoms with Crippen LogP contribution >= 0.6 is 0 Å². The van der Waals surface area contributed by atoms with Gasteiger partial charge >= 0.3 is 0 Å². The van der Waals surface area contributed by atoms with Gasteiger partial charge in [-0.05, 0) is 12.8 Å². The second-order valence-electron chi connectivity index (χ2n) is 11.3. The topological polar surface area (TPSA) is 114 Å². The SMILES string of the molecule is CCCCCCCCCCCCCCCCCCOCC(CCS(=O)(=O)CCC[n+]1ccccc1)OC.CS(=O)(=O)[O-]. The maximum absolute atomic E-state index is 12.4. The van der Waals surface area contributed by atoms with Crippen molar-refractivity contribution in [1.29, 1.82) is 0 Å². The van der Waals surface area contributed by atoms with Gasteiger partial charge in [0.2, 0.25) is 0 Å². The van der Waals surface area contributed by atoms with E-state index in [0.717, 1.165) is 19.6 Å². The maximum atomic E-state index is 12.4. The normalized spacial score (nSPS) is 12.6. The van der Waals surface area contributed by atoms with Crippen molar-refractivity contribution in [2.24, 2.45) is 0 Å². The molecule has 248 valence electrons. The van der Waals surface area contributed by atoms with Crippen molar-refractivity contribution < 1.29 is 35.4 Å². The number of aromatic nitrogens is 1. The quantitative estimate of drug-likeness (QED) is 0.0606. The molecule has 0 aliphatic rings. The number of methoxy groups -OCH3 is 1. The summed E-state index contributed by atoms with van der Waals surface area (Å²) in [6.45, 7) is 4.21. The highest BCUT2D eigenvalue weighted by atomic mass is 32.2. The summed E-state index contributed by atoms with van der Waals surface area (Å²) in [5, 5.41) is 0. The highest BCUT2D eigenvalue weighted by Crippen LogP contribution is 2.14. The predicted octanol–water partition coefficient (Wildman–Crippen LogP) is 6.62. The Bertz CT molecular complexity index is 917. The molecule has 42 heavy (non-hydrogen) atoms. The zero-order chi connectivity index (χ0) is 31.4. The Morgan fingerprint density at radius 2 is 1.14 bits per heavy atom. The van der Waals surface area contributed by atoms with E-state index in [0.29, 0.717) is 25.7 Å². The minimum absolute atomic E-state index is 0.153. The molecule has 1 aromatic rings. The fraction of sp³-hybridized carbons (Fsp3) is 0.844. The van der Waals surface area contributed by atoms with Crippen LogP contribution in [0.5, 0.6) is 0 Å². The van der Waals surface area contributed by atoms with Gasteiger partial charge in [-0.15, -0.1) is 0 Å². The van der Waals surface area contributed by atoms with Crippen LogP contribution in [0.4, 0.5) is 0 Å². The van der Waals surface area contributed by atoms with Crippen LogP contribution in [0.2, 0.25) is 0 Å². The lowest BCUT2D eigenvalue weighted by molar-refractivity contribution is -0.696. The summed E-state index contributed by atoms with van der Waals surface area (Å²) in [5.41, 5.74) is 0. The van der Waals surface area contributed by atoms with E-state index < -0.39 is 20.0 Å². The number of nitrogens with zero attached hydrogens (tertiary/aromatic N) is 1. The van der Waals surface area contributed by atoms with Gasteiger partial charge in [-0.1, -0.05) is 109 Å². The van der Waals surface area contributed by atoms with Crippen molar-refractivity contribution in [3.63, 3.8) is 0 Å². The third kappa shape index (κ3) is 31.9. The summed E-state index contributed by atoms with van der Waals surface area (Å²) in [4.78, 5) is 0. The molecule has 0 bridgehead atoms. The number of pyridine rings is 1. The Labute approximate surface area is 258 Å². The van der Waals surface area contributed by atoms with Gasteiger partial charge in [-0.25, -0.2) is 21.4 Å². The van der Waals surface area contributed by atoms with Crippen molar-refractivity contribution >= 4 is 20.0 Å². The minimum atomic E-state index is -3.92. The van der Waals surface area contributed by atoms with E-state index in [2.05, 4.69) is 6.92 Å². The molecular formula is C32H61NO7S2. The summed E-state index contributed by atoms with van der Waals surface area (Å²) in [6, 6.07) is 5.87. The second kappa shape index (κ2) is 27.5. The smallest absolute Gasteiger partial charge is 0.168 e. The molecule has 0 radical (unpaired) electrons. The highest BCUT2D eigenvalue weighted by molar-refractivity contribution is 7.91. The van der Waals surface area contributed by atoms with Gasteiger partial charge in [0.05, 0.1) is 34.3 Å². The summed E-state index contributed by atoms with van der Waals surface area (Å²) >= 11 is 0. The van der Waals surface area contributed by atoms with Crippen LogP contribution in [0.3, 0.4) is 0 Å². The van der Waals surface area contributed by atoms with Gasteiger partial charge in [0.1, 0.15) is 6.54 Å². The minimum Gasteiger partial charge on any atom is -0.748 e. The molecule has 0 aliphatic heterocycles. The number of aryl methyl sites for hydroxylation is 1. The average Bonchev–Trinajstić information content (AvgIpc) is 2.93. The Balaban J connectivity index is 0.00000308. The van der Waals surface area contributed by atoms with Crippen LogP contribution in [0, 0.1) is 0 Å². The van der Waals surface area contributed by atoms with Crippen LogP contribution in [0.1, 0.15) is 122 Å². The lowest BCUT2D eigenvalue weighted by atomic mass is 10.0. The molecule has 0 aromatic carbocycles. The average molecular weight is 636 g/mol. The number of hydrogen-bond acceptors (Lipinski definition) is 7. The van der Waals surface area contributed by atoms with E-state index in [1.54, 1.807) is 7.11 Å². The first-order valence-electron chi connectivity index (χ1n) is 16.2. The van der Waals surface area contributed by atoms with E-state index in [9.17, 15) is 8.42 Å². The molecule has 0 saturated heterocycles. The van der Waals surface area contributed by atoms with Gasteiger partial charge in [-0.2, -0.15) is 0 Å².